The highest BCUT2D eigenvalue weighted by Gasteiger charge is 2.25. The Balaban J connectivity index is 1.82. The summed E-state index contributed by atoms with van der Waals surface area (Å²) in [6.07, 6.45) is 0. The van der Waals surface area contributed by atoms with Crippen LogP contribution in [0.25, 0.3) is 0 Å². The molecular weight excluding hydrogens is 294 g/mol. The number of carbonyl (C=O) groups is 2. The van der Waals surface area contributed by atoms with Crippen molar-refractivity contribution in [2.75, 3.05) is 46.9 Å². The van der Waals surface area contributed by atoms with Gasteiger partial charge in [-0.2, -0.15) is 0 Å². The molecule has 23 heavy (non-hydrogen) atoms. The van der Waals surface area contributed by atoms with Gasteiger partial charge < -0.3 is 19.4 Å². The van der Waals surface area contributed by atoms with Crippen LogP contribution >= 0.6 is 0 Å². The summed E-state index contributed by atoms with van der Waals surface area (Å²) in [5.41, 5.74) is 2.20. The summed E-state index contributed by atoms with van der Waals surface area (Å²) >= 11 is 0. The monoisotopic (exact) mass is 319 g/mol. The van der Waals surface area contributed by atoms with Crippen LogP contribution in [0, 0.1) is 13.8 Å². The number of rotatable bonds is 3. The van der Waals surface area contributed by atoms with Crippen LogP contribution in [0.2, 0.25) is 0 Å². The van der Waals surface area contributed by atoms with E-state index in [1.54, 1.807) is 28.8 Å². The molecule has 0 unspecified atom stereocenters. The van der Waals surface area contributed by atoms with E-state index in [9.17, 15) is 9.59 Å². The fourth-order valence-electron chi connectivity index (χ4n) is 2.62. The van der Waals surface area contributed by atoms with Crippen molar-refractivity contribution in [2.45, 2.75) is 13.8 Å². The first-order chi connectivity index (χ1) is 10.9. The molecular formula is C17H25N3O3. The molecule has 6 heteroatoms. The first kappa shape index (κ1) is 17.1. The van der Waals surface area contributed by atoms with Crippen molar-refractivity contribution in [3.8, 4) is 5.75 Å². The number of aryl methyl sites for hydroxylation is 2. The van der Waals surface area contributed by atoms with E-state index in [1.165, 1.54) is 5.56 Å². The zero-order valence-electron chi connectivity index (χ0n) is 14.3. The maximum absolute atomic E-state index is 12.2. The molecule has 1 heterocycles. The Hall–Kier alpha value is -2.24. The Bertz CT molecular complexity index is 578. The molecule has 6 nitrogen and oxygen atoms in total. The van der Waals surface area contributed by atoms with Gasteiger partial charge in [0.2, 0.25) is 0 Å². The maximum atomic E-state index is 12.2. The number of amides is 3. The molecule has 0 N–H and O–H groups in total. The SMILES string of the molecule is Cc1ccc(OCC(=O)N2CCN(C(=O)N(C)C)CC2)c(C)c1. The summed E-state index contributed by atoms with van der Waals surface area (Å²) in [6, 6.07) is 5.89. The smallest absolute Gasteiger partial charge is 0.319 e. The molecule has 126 valence electrons. The van der Waals surface area contributed by atoms with Gasteiger partial charge in [0.15, 0.2) is 6.61 Å². The van der Waals surface area contributed by atoms with Gasteiger partial charge in [-0.05, 0) is 25.5 Å². The first-order valence-electron chi connectivity index (χ1n) is 7.82. The molecule has 1 fully saturated rings. The average Bonchev–Trinajstić information content (AvgIpc) is 2.53. The lowest BCUT2D eigenvalue weighted by Crippen LogP contribution is -2.53. The molecule has 1 aromatic rings. The Morgan fingerprint density at radius 3 is 2.26 bits per heavy atom. The number of urea groups is 1. The highest BCUT2D eigenvalue weighted by Crippen LogP contribution is 2.18. The van der Waals surface area contributed by atoms with Crippen LogP contribution in [0.15, 0.2) is 18.2 Å². The largest absolute Gasteiger partial charge is 0.484 e. The molecule has 2 rings (SSSR count). The van der Waals surface area contributed by atoms with E-state index in [2.05, 4.69) is 0 Å². The predicted molar refractivity (Wildman–Crippen MR) is 88.6 cm³/mol. The van der Waals surface area contributed by atoms with E-state index in [1.807, 2.05) is 32.0 Å². The molecule has 0 aromatic heterocycles. The van der Waals surface area contributed by atoms with Crippen molar-refractivity contribution < 1.29 is 14.3 Å². The molecule has 1 saturated heterocycles. The van der Waals surface area contributed by atoms with Crippen LogP contribution < -0.4 is 4.74 Å². The van der Waals surface area contributed by atoms with Gasteiger partial charge in [-0.15, -0.1) is 0 Å². The zero-order valence-corrected chi connectivity index (χ0v) is 14.3. The van der Waals surface area contributed by atoms with Crippen LogP contribution in [0.4, 0.5) is 4.79 Å². The number of ether oxygens (including phenoxy) is 1. The average molecular weight is 319 g/mol. The fraction of sp³-hybridized carbons (Fsp3) is 0.529. The van der Waals surface area contributed by atoms with Gasteiger partial charge in [0, 0.05) is 40.3 Å². The number of nitrogens with zero attached hydrogens (tertiary/aromatic N) is 3. The van der Waals surface area contributed by atoms with Crippen molar-refractivity contribution in [1.29, 1.82) is 0 Å². The van der Waals surface area contributed by atoms with Crippen molar-refractivity contribution in [3.63, 3.8) is 0 Å². The molecule has 0 atom stereocenters. The van der Waals surface area contributed by atoms with Crippen molar-refractivity contribution in [2.24, 2.45) is 0 Å². The summed E-state index contributed by atoms with van der Waals surface area (Å²) in [5.74, 6) is 0.701. The van der Waals surface area contributed by atoms with Crippen LogP contribution in [0.3, 0.4) is 0 Å². The molecule has 1 aliphatic rings. The van der Waals surface area contributed by atoms with Gasteiger partial charge in [-0.3, -0.25) is 4.79 Å². The summed E-state index contributed by atoms with van der Waals surface area (Å²) < 4.78 is 5.64. The normalized spacial score (nSPS) is 14.6. The van der Waals surface area contributed by atoms with Crippen molar-refractivity contribution in [3.05, 3.63) is 29.3 Å². The molecule has 0 radical (unpaired) electrons. The number of benzene rings is 1. The van der Waals surface area contributed by atoms with E-state index in [0.717, 1.165) is 11.3 Å². The zero-order chi connectivity index (χ0) is 17.0. The van der Waals surface area contributed by atoms with Crippen molar-refractivity contribution in [1.82, 2.24) is 14.7 Å². The summed E-state index contributed by atoms with van der Waals surface area (Å²) in [4.78, 5) is 29.2. The molecule has 3 amide bonds. The first-order valence-corrected chi connectivity index (χ1v) is 7.82. The number of hydrogen-bond donors (Lipinski definition) is 0. The van der Waals surface area contributed by atoms with Crippen molar-refractivity contribution >= 4 is 11.9 Å². The van der Waals surface area contributed by atoms with Gasteiger partial charge in [-0.1, -0.05) is 17.7 Å². The lowest BCUT2D eigenvalue weighted by Gasteiger charge is -2.35. The highest BCUT2D eigenvalue weighted by molar-refractivity contribution is 5.79. The molecule has 0 aliphatic carbocycles. The van der Waals surface area contributed by atoms with Crippen LogP contribution in [0.5, 0.6) is 5.75 Å². The second-order valence-electron chi connectivity index (χ2n) is 6.10. The van der Waals surface area contributed by atoms with E-state index < -0.39 is 0 Å². The molecule has 0 spiro atoms. The number of piperazine rings is 1. The van der Waals surface area contributed by atoms with Gasteiger partial charge in [0.25, 0.3) is 5.91 Å². The lowest BCUT2D eigenvalue weighted by molar-refractivity contribution is -0.134. The summed E-state index contributed by atoms with van der Waals surface area (Å²) in [6.45, 7) is 6.25. The number of carbonyl (C=O) groups excluding carboxylic acids is 2. The fourth-order valence-corrected chi connectivity index (χ4v) is 2.62. The minimum Gasteiger partial charge on any atom is -0.484 e. The quantitative estimate of drug-likeness (QED) is 0.848. The Morgan fingerprint density at radius 2 is 1.70 bits per heavy atom. The van der Waals surface area contributed by atoms with Gasteiger partial charge in [-0.25, -0.2) is 4.79 Å². The molecule has 0 saturated carbocycles. The topological polar surface area (TPSA) is 53.1 Å². The van der Waals surface area contributed by atoms with Gasteiger partial charge >= 0.3 is 6.03 Å². The Kier molecular flexibility index (Phi) is 5.47. The van der Waals surface area contributed by atoms with Gasteiger partial charge in [0.05, 0.1) is 0 Å². The van der Waals surface area contributed by atoms with E-state index in [4.69, 9.17) is 4.74 Å². The molecule has 0 bridgehead atoms. The number of hydrogen-bond acceptors (Lipinski definition) is 3. The van der Waals surface area contributed by atoms with Gasteiger partial charge in [0.1, 0.15) is 5.75 Å². The van der Waals surface area contributed by atoms with E-state index >= 15 is 0 Å². The van der Waals surface area contributed by atoms with Crippen LogP contribution in [-0.2, 0) is 4.79 Å². The third-order valence-electron chi connectivity index (χ3n) is 3.97. The third-order valence-corrected chi connectivity index (χ3v) is 3.97. The molecule has 1 aliphatic heterocycles. The van der Waals surface area contributed by atoms with E-state index in [-0.39, 0.29) is 18.5 Å². The Labute approximate surface area is 137 Å². The minimum atomic E-state index is -0.0399. The summed E-state index contributed by atoms with van der Waals surface area (Å²) in [7, 11) is 3.47. The molecule has 1 aromatic carbocycles. The highest BCUT2D eigenvalue weighted by atomic mass is 16.5. The standard InChI is InChI=1S/C17H25N3O3/c1-13-5-6-15(14(2)11-13)23-12-16(21)19-7-9-20(10-8-19)17(22)18(3)4/h5-6,11H,7-10,12H2,1-4H3. The minimum absolute atomic E-state index is 0.0105. The van der Waals surface area contributed by atoms with Crippen LogP contribution in [-0.4, -0.2) is 73.5 Å². The second-order valence-corrected chi connectivity index (χ2v) is 6.10. The summed E-state index contributed by atoms with van der Waals surface area (Å²) in [5, 5.41) is 0. The lowest BCUT2D eigenvalue weighted by atomic mass is 10.1. The third kappa shape index (κ3) is 4.37. The van der Waals surface area contributed by atoms with Crippen LogP contribution in [0.1, 0.15) is 11.1 Å². The second kappa shape index (κ2) is 7.35. The Morgan fingerprint density at radius 1 is 1.09 bits per heavy atom. The maximum Gasteiger partial charge on any atom is 0.319 e. The predicted octanol–water partition coefficient (Wildman–Crippen LogP) is 1.51. The van der Waals surface area contributed by atoms with E-state index in [0.29, 0.717) is 26.2 Å².